The number of fused-ring (bicyclic) bond motifs is 1. The van der Waals surface area contributed by atoms with Gasteiger partial charge in [-0.1, -0.05) is 42.5 Å². The highest BCUT2D eigenvalue weighted by atomic mass is 32.2. The number of rotatable bonds is 9. The molecule has 1 aromatic heterocycles. The van der Waals surface area contributed by atoms with E-state index in [1.807, 2.05) is 30.3 Å². The van der Waals surface area contributed by atoms with Crippen molar-refractivity contribution in [3.63, 3.8) is 0 Å². The van der Waals surface area contributed by atoms with E-state index in [0.29, 0.717) is 32.5 Å². The van der Waals surface area contributed by atoms with Crippen molar-refractivity contribution in [1.82, 2.24) is 0 Å². The molecule has 1 aliphatic carbocycles. The first-order valence-corrected chi connectivity index (χ1v) is 17.3. The van der Waals surface area contributed by atoms with Gasteiger partial charge in [-0.2, -0.15) is 0 Å². The van der Waals surface area contributed by atoms with Gasteiger partial charge in [-0.3, -0.25) is 9.59 Å². The standard InChI is InChI=1S/C35H34O6S2/c1-3-40-34(37)20-35(18-28(36)19-35)27-6-8-29(9-7-27)41-21-24-4-11-33-31(17-24)32(22-42-33)30-10-5-26(16-23(30)2)25-12-14-43(38,39)15-13-25/h4-12,16-17,22H,3,13-15,18-21H2,1-2H3. The Bertz CT molecular complexity index is 1840. The largest absolute Gasteiger partial charge is 0.489 e. The Morgan fingerprint density at radius 1 is 1.00 bits per heavy atom. The molecule has 6 rings (SSSR count). The molecule has 2 aliphatic rings. The molecule has 1 saturated carbocycles. The molecule has 0 amide bonds. The van der Waals surface area contributed by atoms with Crippen LogP contribution >= 0.6 is 11.3 Å². The lowest BCUT2D eigenvalue weighted by Crippen LogP contribution is -2.43. The highest BCUT2D eigenvalue weighted by molar-refractivity contribution is 7.91. The average molecular weight is 615 g/mol. The fourth-order valence-corrected chi connectivity index (χ4v) is 8.27. The third-order valence-corrected chi connectivity index (χ3v) is 11.0. The first kappa shape index (κ1) is 29.3. The number of ketones is 1. The van der Waals surface area contributed by atoms with Gasteiger partial charge in [-0.15, -0.1) is 11.3 Å². The first-order chi connectivity index (χ1) is 20.6. The van der Waals surface area contributed by atoms with E-state index in [0.717, 1.165) is 33.6 Å². The third kappa shape index (κ3) is 6.17. The van der Waals surface area contributed by atoms with Gasteiger partial charge in [0.2, 0.25) is 0 Å². The summed E-state index contributed by atoms with van der Waals surface area (Å²) in [5.41, 5.74) is 7.23. The van der Waals surface area contributed by atoms with Gasteiger partial charge in [0.1, 0.15) is 18.1 Å². The zero-order valence-electron chi connectivity index (χ0n) is 24.4. The normalized spacial score (nSPS) is 17.3. The number of ether oxygens (including phenoxy) is 2. The highest BCUT2D eigenvalue weighted by Crippen LogP contribution is 2.45. The summed E-state index contributed by atoms with van der Waals surface area (Å²) in [5.74, 6) is 0.940. The van der Waals surface area contributed by atoms with Crippen molar-refractivity contribution >= 4 is 48.6 Å². The molecule has 1 fully saturated rings. The summed E-state index contributed by atoms with van der Waals surface area (Å²) >= 11 is 1.72. The molecule has 6 nitrogen and oxygen atoms in total. The van der Waals surface area contributed by atoms with E-state index in [2.05, 4.69) is 48.7 Å². The van der Waals surface area contributed by atoms with Crippen LogP contribution in [0.2, 0.25) is 0 Å². The quantitative estimate of drug-likeness (QED) is 0.185. The Hall–Kier alpha value is -3.75. The number of esters is 1. The fourth-order valence-electron chi connectivity index (χ4n) is 6.17. The summed E-state index contributed by atoms with van der Waals surface area (Å²) < 4.78 is 36.2. The van der Waals surface area contributed by atoms with E-state index in [1.165, 1.54) is 21.2 Å². The Morgan fingerprint density at radius 2 is 1.79 bits per heavy atom. The zero-order chi connectivity index (χ0) is 30.2. The smallest absolute Gasteiger partial charge is 0.306 e. The Balaban J connectivity index is 1.17. The van der Waals surface area contributed by atoms with Crippen molar-refractivity contribution in [2.24, 2.45) is 0 Å². The maximum atomic E-state index is 12.2. The molecule has 3 aromatic carbocycles. The highest BCUT2D eigenvalue weighted by Gasteiger charge is 2.46. The van der Waals surface area contributed by atoms with Crippen LogP contribution in [0, 0.1) is 6.92 Å². The van der Waals surface area contributed by atoms with Crippen LogP contribution in [0.25, 0.3) is 26.8 Å². The third-order valence-electron chi connectivity index (χ3n) is 8.52. The van der Waals surface area contributed by atoms with Gasteiger partial charge in [0.15, 0.2) is 9.84 Å². The van der Waals surface area contributed by atoms with Crippen LogP contribution in [0.5, 0.6) is 5.75 Å². The minimum absolute atomic E-state index is 0.116. The number of carbonyl (C=O) groups is 2. The van der Waals surface area contributed by atoms with E-state index >= 15 is 0 Å². The predicted octanol–water partition coefficient (Wildman–Crippen LogP) is 7.21. The molecule has 2 heterocycles. The molecule has 1 aliphatic heterocycles. The number of hydrogen-bond acceptors (Lipinski definition) is 7. The van der Waals surface area contributed by atoms with Crippen molar-refractivity contribution in [1.29, 1.82) is 0 Å². The monoisotopic (exact) mass is 614 g/mol. The lowest BCUT2D eigenvalue weighted by molar-refractivity contribution is -0.147. The molecule has 0 unspecified atom stereocenters. The zero-order valence-corrected chi connectivity index (χ0v) is 26.0. The predicted molar refractivity (Wildman–Crippen MR) is 171 cm³/mol. The molecule has 0 N–H and O–H groups in total. The summed E-state index contributed by atoms with van der Waals surface area (Å²) in [6, 6.07) is 20.5. The number of sulfone groups is 1. The molecular weight excluding hydrogens is 581 g/mol. The first-order valence-electron chi connectivity index (χ1n) is 14.6. The van der Waals surface area contributed by atoms with Crippen molar-refractivity contribution in [3.05, 3.63) is 94.4 Å². The minimum atomic E-state index is -2.95. The van der Waals surface area contributed by atoms with Gasteiger partial charge in [0.25, 0.3) is 0 Å². The van der Waals surface area contributed by atoms with Gasteiger partial charge >= 0.3 is 5.97 Å². The Morgan fingerprint density at radius 3 is 2.47 bits per heavy atom. The molecule has 0 atom stereocenters. The van der Waals surface area contributed by atoms with Gasteiger partial charge in [0, 0.05) is 33.9 Å². The van der Waals surface area contributed by atoms with E-state index < -0.39 is 15.3 Å². The van der Waals surface area contributed by atoms with Gasteiger partial charge in [0.05, 0.1) is 24.5 Å². The summed E-state index contributed by atoms with van der Waals surface area (Å²) in [6.07, 6.45) is 3.34. The van der Waals surface area contributed by atoms with E-state index in [-0.39, 0.29) is 29.7 Å². The number of aryl methyl sites for hydroxylation is 1. The Kier molecular flexibility index (Phi) is 8.00. The van der Waals surface area contributed by atoms with Crippen LogP contribution < -0.4 is 4.74 Å². The number of allylic oxidation sites excluding steroid dienone is 1. The molecular formula is C35H34O6S2. The minimum Gasteiger partial charge on any atom is -0.489 e. The second-order valence-corrected chi connectivity index (χ2v) is 14.7. The van der Waals surface area contributed by atoms with Crippen LogP contribution in [0.1, 0.15) is 54.9 Å². The Labute approximate surface area is 256 Å². The van der Waals surface area contributed by atoms with Crippen molar-refractivity contribution in [3.8, 4) is 16.9 Å². The van der Waals surface area contributed by atoms with E-state index in [9.17, 15) is 18.0 Å². The average Bonchev–Trinajstić information content (AvgIpc) is 3.38. The molecule has 43 heavy (non-hydrogen) atoms. The van der Waals surface area contributed by atoms with Gasteiger partial charge < -0.3 is 9.47 Å². The molecule has 0 bridgehead atoms. The molecule has 0 spiro atoms. The van der Waals surface area contributed by atoms with Crippen LogP contribution in [0.3, 0.4) is 0 Å². The fraction of sp³-hybridized carbons (Fsp3) is 0.314. The van der Waals surface area contributed by atoms with Crippen LogP contribution in [-0.2, 0) is 36.2 Å². The number of benzene rings is 3. The van der Waals surface area contributed by atoms with E-state index in [4.69, 9.17) is 9.47 Å². The topological polar surface area (TPSA) is 86.7 Å². The van der Waals surface area contributed by atoms with Crippen molar-refractivity contribution in [2.45, 2.75) is 51.6 Å². The van der Waals surface area contributed by atoms with Crippen LogP contribution in [0.4, 0.5) is 0 Å². The maximum Gasteiger partial charge on any atom is 0.306 e. The summed E-state index contributed by atoms with van der Waals surface area (Å²) in [5, 5.41) is 3.37. The number of Topliss-reactive ketones (excluding diaryl/α,β-unsaturated/α-hetero) is 1. The lowest BCUT2D eigenvalue weighted by Gasteiger charge is -2.40. The lowest BCUT2D eigenvalue weighted by atomic mass is 9.62. The summed E-state index contributed by atoms with van der Waals surface area (Å²) in [6.45, 7) is 4.63. The van der Waals surface area contributed by atoms with Crippen molar-refractivity contribution in [2.75, 3.05) is 18.1 Å². The molecule has 222 valence electrons. The molecule has 4 aromatic rings. The molecule has 0 saturated heterocycles. The SMILES string of the molecule is CCOC(=O)CC1(c2ccc(OCc3ccc4scc(-c5ccc(C6=CCS(=O)(=O)CC6)cc5C)c4c3)cc2)CC(=O)C1. The number of thiophene rings is 1. The second kappa shape index (κ2) is 11.7. The van der Waals surface area contributed by atoms with Gasteiger partial charge in [-0.25, -0.2) is 8.42 Å². The molecule has 8 heteroatoms. The van der Waals surface area contributed by atoms with Gasteiger partial charge in [-0.05, 0) is 83.3 Å². The molecule has 0 radical (unpaired) electrons. The van der Waals surface area contributed by atoms with E-state index in [1.54, 1.807) is 18.3 Å². The second-order valence-electron chi connectivity index (χ2n) is 11.6. The summed E-state index contributed by atoms with van der Waals surface area (Å²) in [4.78, 5) is 24.1. The summed E-state index contributed by atoms with van der Waals surface area (Å²) in [7, 11) is -2.95. The maximum absolute atomic E-state index is 12.2. The number of carbonyl (C=O) groups excluding carboxylic acids is 2. The van der Waals surface area contributed by atoms with Crippen LogP contribution in [0.15, 0.2) is 72.1 Å². The van der Waals surface area contributed by atoms with Crippen molar-refractivity contribution < 1.29 is 27.5 Å². The van der Waals surface area contributed by atoms with Crippen LogP contribution in [-0.4, -0.2) is 38.3 Å². The number of hydrogen-bond donors (Lipinski definition) is 0.